The van der Waals surface area contributed by atoms with Gasteiger partial charge in [0.05, 0.1) is 6.10 Å². The second kappa shape index (κ2) is 6.61. The highest BCUT2D eigenvalue weighted by atomic mass is 16.3. The molecule has 0 aliphatic heterocycles. The van der Waals surface area contributed by atoms with Crippen LogP contribution in [0.1, 0.15) is 43.2 Å². The number of aliphatic hydroxyl groups excluding tert-OH is 1. The second-order valence-electron chi connectivity index (χ2n) is 6.64. The summed E-state index contributed by atoms with van der Waals surface area (Å²) in [6.45, 7) is 0.730. The van der Waals surface area contributed by atoms with Gasteiger partial charge in [0.1, 0.15) is 0 Å². The van der Waals surface area contributed by atoms with E-state index in [1.807, 2.05) is 0 Å². The minimum atomic E-state index is -0.165. The molecule has 3 nitrogen and oxygen atoms in total. The van der Waals surface area contributed by atoms with Gasteiger partial charge in [0, 0.05) is 12.5 Å². The van der Waals surface area contributed by atoms with Crippen LogP contribution in [0.25, 0.3) is 0 Å². The van der Waals surface area contributed by atoms with E-state index in [0.717, 1.165) is 51.5 Å². The van der Waals surface area contributed by atoms with Crippen molar-refractivity contribution in [2.75, 3.05) is 6.54 Å². The first kappa shape index (κ1) is 14.6. The first-order chi connectivity index (χ1) is 10.2. The third kappa shape index (κ3) is 3.65. The topological polar surface area (TPSA) is 49.3 Å². The highest BCUT2D eigenvalue weighted by molar-refractivity contribution is 5.79. The van der Waals surface area contributed by atoms with Crippen LogP contribution in [0, 0.1) is 11.8 Å². The summed E-state index contributed by atoms with van der Waals surface area (Å²) < 4.78 is 0. The SMILES string of the molecule is O=C(NCC1CCCC(O)C1)C1CCc2ccccc2C1. The molecule has 1 aromatic carbocycles. The van der Waals surface area contributed by atoms with Gasteiger partial charge >= 0.3 is 0 Å². The molecule has 3 heteroatoms. The number of aryl methyl sites for hydroxylation is 1. The predicted molar refractivity (Wildman–Crippen MR) is 82.9 cm³/mol. The van der Waals surface area contributed by atoms with Gasteiger partial charge in [-0.25, -0.2) is 0 Å². The van der Waals surface area contributed by atoms with Crippen molar-refractivity contribution in [1.82, 2.24) is 5.32 Å². The maximum absolute atomic E-state index is 12.4. The zero-order valence-corrected chi connectivity index (χ0v) is 12.6. The maximum atomic E-state index is 12.4. The van der Waals surface area contributed by atoms with Crippen molar-refractivity contribution in [2.24, 2.45) is 11.8 Å². The van der Waals surface area contributed by atoms with Crippen molar-refractivity contribution in [3.05, 3.63) is 35.4 Å². The second-order valence-corrected chi connectivity index (χ2v) is 6.64. The van der Waals surface area contributed by atoms with Crippen molar-refractivity contribution in [3.8, 4) is 0 Å². The number of hydrogen-bond acceptors (Lipinski definition) is 2. The number of nitrogens with one attached hydrogen (secondary N) is 1. The first-order valence-electron chi connectivity index (χ1n) is 8.25. The van der Waals surface area contributed by atoms with E-state index in [2.05, 4.69) is 29.6 Å². The summed E-state index contributed by atoms with van der Waals surface area (Å²) in [4.78, 5) is 12.4. The fourth-order valence-corrected chi connectivity index (χ4v) is 3.76. The molecule has 0 heterocycles. The molecule has 1 fully saturated rings. The molecule has 0 saturated heterocycles. The van der Waals surface area contributed by atoms with Gasteiger partial charge in [-0.05, 0) is 55.6 Å². The van der Waals surface area contributed by atoms with Crippen LogP contribution in [0.15, 0.2) is 24.3 Å². The number of carbonyl (C=O) groups excluding carboxylic acids is 1. The van der Waals surface area contributed by atoms with Gasteiger partial charge in [-0.3, -0.25) is 4.79 Å². The Labute approximate surface area is 126 Å². The molecule has 21 heavy (non-hydrogen) atoms. The maximum Gasteiger partial charge on any atom is 0.223 e. The Morgan fingerprint density at radius 3 is 2.81 bits per heavy atom. The van der Waals surface area contributed by atoms with Gasteiger partial charge < -0.3 is 10.4 Å². The van der Waals surface area contributed by atoms with Gasteiger partial charge in [0.25, 0.3) is 0 Å². The Morgan fingerprint density at radius 1 is 1.19 bits per heavy atom. The zero-order chi connectivity index (χ0) is 14.7. The standard InChI is InChI=1S/C18H25NO2/c20-17-7-3-4-13(10-17)12-19-18(21)16-9-8-14-5-1-2-6-15(14)11-16/h1-2,5-6,13,16-17,20H,3-4,7-12H2,(H,19,21). The number of fused-ring (bicyclic) bond motifs is 1. The summed E-state index contributed by atoms with van der Waals surface area (Å²) in [5, 5.41) is 12.8. The third-order valence-corrected chi connectivity index (χ3v) is 5.04. The molecule has 0 radical (unpaired) electrons. The molecule has 3 unspecified atom stereocenters. The Balaban J connectivity index is 1.50. The molecule has 2 N–H and O–H groups in total. The average molecular weight is 287 g/mol. The molecule has 0 bridgehead atoms. The summed E-state index contributed by atoms with van der Waals surface area (Å²) in [5.41, 5.74) is 2.73. The van der Waals surface area contributed by atoms with Crippen LogP contribution in [0.4, 0.5) is 0 Å². The quantitative estimate of drug-likeness (QED) is 0.897. The highest BCUT2D eigenvalue weighted by Gasteiger charge is 2.26. The third-order valence-electron chi connectivity index (χ3n) is 5.04. The van der Waals surface area contributed by atoms with Crippen molar-refractivity contribution < 1.29 is 9.90 Å². The number of aliphatic hydroxyl groups is 1. The van der Waals surface area contributed by atoms with Crippen LogP contribution in [0.5, 0.6) is 0 Å². The van der Waals surface area contributed by atoms with Crippen molar-refractivity contribution >= 4 is 5.91 Å². The van der Waals surface area contributed by atoms with Crippen LogP contribution in [0.3, 0.4) is 0 Å². The van der Waals surface area contributed by atoms with Crippen LogP contribution in [-0.4, -0.2) is 23.7 Å². The van der Waals surface area contributed by atoms with E-state index in [1.54, 1.807) is 0 Å². The molecule has 1 saturated carbocycles. The summed E-state index contributed by atoms with van der Waals surface area (Å²) in [5.74, 6) is 0.770. The van der Waals surface area contributed by atoms with E-state index in [4.69, 9.17) is 0 Å². The van der Waals surface area contributed by atoms with E-state index >= 15 is 0 Å². The van der Waals surface area contributed by atoms with Crippen LogP contribution >= 0.6 is 0 Å². The Hall–Kier alpha value is -1.35. The van der Waals surface area contributed by atoms with Crippen LogP contribution in [-0.2, 0) is 17.6 Å². The fraction of sp³-hybridized carbons (Fsp3) is 0.611. The van der Waals surface area contributed by atoms with Gasteiger partial charge in [0.15, 0.2) is 0 Å². The Bertz CT molecular complexity index is 500. The molecule has 1 aromatic rings. The smallest absolute Gasteiger partial charge is 0.223 e. The molecule has 0 aromatic heterocycles. The van der Waals surface area contributed by atoms with E-state index in [-0.39, 0.29) is 17.9 Å². The normalized spacial score (nSPS) is 28.7. The summed E-state index contributed by atoms with van der Waals surface area (Å²) in [6, 6.07) is 8.45. The molecule has 2 aliphatic carbocycles. The first-order valence-corrected chi connectivity index (χ1v) is 8.25. The number of amides is 1. The monoisotopic (exact) mass is 287 g/mol. The number of hydrogen-bond donors (Lipinski definition) is 2. The van der Waals surface area contributed by atoms with Crippen molar-refractivity contribution in [2.45, 2.75) is 51.0 Å². The molecule has 1 amide bonds. The zero-order valence-electron chi connectivity index (χ0n) is 12.6. The molecule has 114 valence electrons. The van der Waals surface area contributed by atoms with Gasteiger partial charge in [0.2, 0.25) is 5.91 Å². The lowest BCUT2D eigenvalue weighted by molar-refractivity contribution is -0.125. The van der Waals surface area contributed by atoms with Gasteiger partial charge in [-0.2, -0.15) is 0 Å². The van der Waals surface area contributed by atoms with E-state index in [0.29, 0.717) is 5.92 Å². The average Bonchev–Trinajstić information content (AvgIpc) is 2.52. The Kier molecular flexibility index (Phi) is 4.59. The van der Waals surface area contributed by atoms with Crippen molar-refractivity contribution in [1.29, 1.82) is 0 Å². The molecular weight excluding hydrogens is 262 g/mol. The molecule has 2 aliphatic rings. The molecule has 3 atom stereocenters. The van der Waals surface area contributed by atoms with Crippen LogP contribution < -0.4 is 5.32 Å². The Morgan fingerprint density at radius 2 is 2.00 bits per heavy atom. The molecule has 0 spiro atoms. The minimum Gasteiger partial charge on any atom is -0.393 e. The number of rotatable bonds is 3. The van der Waals surface area contributed by atoms with Gasteiger partial charge in [-0.15, -0.1) is 0 Å². The lowest BCUT2D eigenvalue weighted by Crippen LogP contribution is -2.38. The minimum absolute atomic E-state index is 0.119. The van der Waals surface area contributed by atoms with E-state index < -0.39 is 0 Å². The number of benzene rings is 1. The van der Waals surface area contributed by atoms with Crippen LogP contribution in [0.2, 0.25) is 0 Å². The predicted octanol–water partition coefficient (Wildman–Crippen LogP) is 2.46. The largest absolute Gasteiger partial charge is 0.393 e. The summed E-state index contributed by atoms with van der Waals surface area (Å²) in [6.07, 6.45) is 6.64. The van der Waals surface area contributed by atoms with E-state index in [9.17, 15) is 9.90 Å². The summed E-state index contributed by atoms with van der Waals surface area (Å²) >= 11 is 0. The number of carbonyl (C=O) groups is 1. The highest BCUT2D eigenvalue weighted by Crippen LogP contribution is 2.26. The lowest BCUT2D eigenvalue weighted by Gasteiger charge is -2.28. The molecule has 3 rings (SSSR count). The van der Waals surface area contributed by atoms with Crippen molar-refractivity contribution in [3.63, 3.8) is 0 Å². The summed E-state index contributed by atoms with van der Waals surface area (Å²) in [7, 11) is 0. The lowest BCUT2D eigenvalue weighted by atomic mass is 9.83. The van der Waals surface area contributed by atoms with E-state index in [1.165, 1.54) is 11.1 Å². The van der Waals surface area contributed by atoms with Gasteiger partial charge in [-0.1, -0.05) is 30.7 Å². The fourth-order valence-electron chi connectivity index (χ4n) is 3.76. The molecular formula is C18H25NO2.